The molecule has 18 heavy (non-hydrogen) atoms. The van der Waals surface area contributed by atoms with Crippen LogP contribution in [0.4, 0.5) is 0 Å². The van der Waals surface area contributed by atoms with Crippen molar-refractivity contribution >= 4 is 11.0 Å². The Morgan fingerprint density at radius 3 is 2.78 bits per heavy atom. The first kappa shape index (κ1) is 13.1. The number of nitrogens with one attached hydrogen (secondary N) is 1. The first-order valence-corrected chi connectivity index (χ1v) is 6.92. The summed E-state index contributed by atoms with van der Waals surface area (Å²) in [5.41, 5.74) is 3.66. The van der Waals surface area contributed by atoms with Crippen LogP contribution in [-0.4, -0.2) is 16.1 Å². The number of aryl methyl sites for hydroxylation is 2. The SMILES string of the molecule is CCCNCc1nc2cc(C)ccc2n1CCC. The Hall–Kier alpha value is -1.35. The van der Waals surface area contributed by atoms with Crippen molar-refractivity contribution in [2.24, 2.45) is 0 Å². The number of imidazole rings is 1. The average molecular weight is 245 g/mol. The van der Waals surface area contributed by atoms with Gasteiger partial charge in [0.25, 0.3) is 0 Å². The number of fused-ring (bicyclic) bond motifs is 1. The summed E-state index contributed by atoms with van der Waals surface area (Å²) in [6.45, 7) is 9.47. The molecule has 0 aliphatic heterocycles. The Kier molecular flexibility index (Phi) is 4.37. The molecule has 1 aromatic heterocycles. The van der Waals surface area contributed by atoms with E-state index >= 15 is 0 Å². The van der Waals surface area contributed by atoms with Crippen molar-refractivity contribution in [3.8, 4) is 0 Å². The summed E-state index contributed by atoms with van der Waals surface area (Å²) >= 11 is 0. The highest BCUT2D eigenvalue weighted by molar-refractivity contribution is 5.76. The molecule has 1 aromatic carbocycles. The highest BCUT2D eigenvalue weighted by Crippen LogP contribution is 2.18. The summed E-state index contributed by atoms with van der Waals surface area (Å²) in [6.07, 6.45) is 2.30. The maximum Gasteiger partial charge on any atom is 0.123 e. The van der Waals surface area contributed by atoms with E-state index in [2.05, 4.69) is 48.9 Å². The molecule has 0 saturated heterocycles. The molecule has 0 amide bonds. The van der Waals surface area contributed by atoms with Gasteiger partial charge in [-0.3, -0.25) is 0 Å². The quantitative estimate of drug-likeness (QED) is 0.792. The minimum atomic E-state index is 0.863. The second kappa shape index (κ2) is 6.01. The lowest BCUT2D eigenvalue weighted by atomic mass is 10.2. The van der Waals surface area contributed by atoms with Crippen molar-refractivity contribution < 1.29 is 0 Å². The van der Waals surface area contributed by atoms with Gasteiger partial charge in [-0.2, -0.15) is 0 Å². The molecule has 0 saturated carbocycles. The molecule has 0 unspecified atom stereocenters. The maximum absolute atomic E-state index is 4.76. The predicted octanol–water partition coefficient (Wildman–Crippen LogP) is 3.25. The van der Waals surface area contributed by atoms with Gasteiger partial charge in [0.15, 0.2) is 0 Å². The molecule has 0 spiro atoms. The third-order valence-corrected chi connectivity index (χ3v) is 3.14. The summed E-state index contributed by atoms with van der Waals surface area (Å²) in [5.74, 6) is 1.16. The van der Waals surface area contributed by atoms with Gasteiger partial charge in [-0.05, 0) is 44.0 Å². The topological polar surface area (TPSA) is 29.9 Å². The second-order valence-electron chi connectivity index (χ2n) is 4.85. The molecule has 2 rings (SSSR count). The van der Waals surface area contributed by atoms with Gasteiger partial charge in [0.05, 0.1) is 17.6 Å². The van der Waals surface area contributed by atoms with Crippen LogP contribution in [0.5, 0.6) is 0 Å². The van der Waals surface area contributed by atoms with Crippen LogP contribution >= 0.6 is 0 Å². The zero-order chi connectivity index (χ0) is 13.0. The fourth-order valence-electron chi connectivity index (χ4n) is 2.27. The Balaban J connectivity index is 2.34. The lowest BCUT2D eigenvalue weighted by molar-refractivity contribution is 0.595. The summed E-state index contributed by atoms with van der Waals surface area (Å²) in [7, 11) is 0. The molecule has 0 fully saturated rings. The average Bonchev–Trinajstić information content (AvgIpc) is 2.68. The van der Waals surface area contributed by atoms with Gasteiger partial charge in [-0.25, -0.2) is 4.98 Å². The second-order valence-corrected chi connectivity index (χ2v) is 4.85. The van der Waals surface area contributed by atoms with Crippen LogP contribution in [0.3, 0.4) is 0 Å². The minimum Gasteiger partial charge on any atom is -0.327 e. The van der Waals surface area contributed by atoms with E-state index in [0.717, 1.165) is 43.8 Å². The molecule has 98 valence electrons. The van der Waals surface area contributed by atoms with E-state index in [0.29, 0.717) is 0 Å². The zero-order valence-electron chi connectivity index (χ0n) is 11.7. The van der Waals surface area contributed by atoms with Gasteiger partial charge in [0.1, 0.15) is 5.82 Å². The van der Waals surface area contributed by atoms with E-state index < -0.39 is 0 Å². The Morgan fingerprint density at radius 2 is 2.06 bits per heavy atom. The molecule has 1 heterocycles. The third-order valence-electron chi connectivity index (χ3n) is 3.14. The van der Waals surface area contributed by atoms with E-state index in [1.54, 1.807) is 0 Å². The molecule has 0 aliphatic carbocycles. The number of hydrogen-bond acceptors (Lipinski definition) is 2. The van der Waals surface area contributed by atoms with E-state index in [4.69, 9.17) is 4.98 Å². The Morgan fingerprint density at radius 1 is 1.22 bits per heavy atom. The molecule has 0 atom stereocenters. The molecule has 0 bridgehead atoms. The highest BCUT2D eigenvalue weighted by atomic mass is 15.1. The Bertz CT molecular complexity index is 514. The van der Waals surface area contributed by atoms with Gasteiger partial charge < -0.3 is 9.88 Å². The number of hydrogen-bond donors (Lipinski definition) is 1. The minimum absolute atomic E-state index is 0.863. The van der Waals surface area contributed by atoms with Crippen molar-refractivity contribution in [3.05, 3.63) is 29.6 Å². The molecule has 2 aromatic rings. The van der Waals surface area contributed by atoms with Crippen molar-refractivity contribution in [1.82, 2.24) is 14.9 Å². The smallest absolute Gasteiger partial charge is 0.123 e. The summed E-state index contributed by atoms with van der Waals surface area (Å²) in [4.78, 5) is 4.76. The highest BCUT2D eigenvalue weighted by Gasteiger charge is 2.09. The van der Waals surface area contributed by atoms with Crippen LogP contribution in [-0.2, 0) is 13.1 Å². The van der Waals surface area contributed by atoms with E-state index in [1.165, 1.54) is 11.1 Å². The molecule has 0 radical (unpaired) electrons. The number of rotatable bonds is 6. The largest absolute Gasteiger partial charge is 0.327 e. The summed E-state index contributed by atoms with van der Waals surface area (Å²) in [5, 5.41) is 3.44. The van der Waals surface area contributed by atoms with Crippen molar-refractivity contribution in [1.29, 1.82) is 0 Å². The first-order valence-electron chi connectivity index (χ1n) is 6.92. The van der Waals surface area contributed by atoms with Crippen molar-refractivity contribution in [2.75, 3.05) is 6.54 Å². The molecular weight excluding hydrogens is 222 g/mol. The van der Waals surface area contributed by atoms with Crippen LogP contribution in [0.1, 0.15) is 38.1 Å². The third kappa shape index (κ3) is 2.72. The van der Waals surface area contributed by atoms with Gasteiger partial charge in [0.2, 0.25) is 0 Å². The molecule has 1 N–H and O–H groups in total. The summed E-state index contributed by atoms with van der Waals surface area (Å²) in [6, 6.07) is 6.53. The summed E-state index contributed by atoms with van der Waals surface area (Å²) < 4.78 is 2.34. The lowest BCUT2D eigenvalue weighted by Gasteiger charge is -2.08. The normalized spacial score (nSPS) is 11.3. The standard InChI is InChI=1S/C15H23N3/c1-4-8-16-11-15-17-13-10-12(3)6-7-14(13)18(15)9-5-2/h6-7,10,16H,4-5,8-9,11H2,1-3H3. The van der Waals surface area contributed by atoms with Gasteiger partial charge in [-0.1, -0.05) is 19.9 Å². The van der Waals surface area contributed by atoms with Gasteiger partial charge in [0, 0.05) is 6.54 Å². The van der Waals surface area contributed by atoms with Crippen molar-refractivity contribution in [3.63, 3.8) is 0 Å². The molecule has 3 nitrogen and oxygen atoms in total. The Labute approximate surface area is 109 Å². The van der Waals surface area contributed by atoms with Crippen LogP contribution < -0.4 is 5.32 Å². The van der Waals surface area contributed by atoms with Crippen LogP contribution in [0, 0.1) is 6.92 Å². The fraction of sp³-hybridized carbons (Fsp3) is 0.533. The molecule has 0 aliphatic rings. The predicted molar refractivity (Wildman–Crippen MR) is 76.8 cm³/mol. The molecular formula is C15H23N3. The van der Waals surface area contributed by atoms with Gasteiger partial charge >= 0.3 is 0 Å². The fourth-order valence-corrected chi connectivity index (χ4v) is 2.27. The van der Waals surface area contributed by atoms with E-state index in [-0.39, 0.29) is 0 Å². The first-order chi connectivity index (χ1) is 8.76. The van der Waals surface area contributed by atoms with Crippen LogP contribution in [0.25, 0.3) is 11.0 Å². The van der Waals surface area contributed by atoms with Crippen molar-refractivity contribution in [2.45, 2.75) is 46.7 Å². The van der Waals surface area contributed by atoms with Gasteiger partial charge in [-0.15, -0.1) is 0 Å². The maximum atomic E-state index is 4.76. The number of aromatic nitrogens is 2. The van der Waals surface area contributed by atoms with Crippen LogP contribution in [0.2, 0.25) is 0 Å². The van der Waals surface area contributed by atoms with E-state index in [1.807, 2.05) is 0 Å². The number of nitrogens with zero attached hydrogens (tertiary/aromatic N) is 2. The number of benzene rings is 1. The lowest BCUT2D eigenvalue weighted by Crippen LogP contribution is -2.17. The zero-order valence-corrected chi connectivity index (χ0v) is 11.7. The van der Waals surface area contributed by atoms with E-state index in [9.17, 15) is 0 Å². The molecule has 3 heteroatoms. The van der Waals surface area contributed by atoms with Crippen LogP contribution in [0.15, 0.2) is 18.2 Å². The monoisotopic (exact) mass is 245 g/mol.